The molecule has 4 amide bonds. The molecule has 13 nitrogen and oxygen atoms in total. The maximum absolute atomic E-state index is 13.6. The van der Waals surface area contributed by atoms with Crippen molar-refractivity contribution in [2.24, 2.45) is 28.3 Å². The summed E-state index contributed by atoms with van der Waals surface area (Å²) in [6.45, 7) is 8.10. The number of alkyl carbamates (subject to hydrolysis) is 1. The first-order valence-corrected chi connectivity index (χ1v) is 16.5. The van der Waals surface area contributed by atoms with Gasteiger partial charge in [0, 0.05) is 13.1 Å². The fourth-order valence-corrected chi connectivity index (χ4v) is 4.96. The topological polar surface area (TPSA) is 210 Å². The summed E-state index contributed by atoms with van der Waals surface area (Å²) >= 11 is 0. The number of aliphatic hydroxyl groups excluding tert-OH is 1. The number of nitrogens with zero attached hydrogens (tertiary/aromatic N) is 1. The molecule has 0 saturated heterocycles. The highest BCUT2D eigenvalue weighted by molar-refractivity contribution is 5.91. The Balaban J connectivity index is 2.05. The van der Waals surface area contributed by atoms with Crippen LogP contribution in [0.3, 0.4) is 0 Å². The van der Waals surface area contributed by atoms with Crippen molar-refractivity contribution in [2.45, 2.75) is 90.6 Å². The number of nitrogens with two attached hydrogens (primary N) is 2. The van der Waals surface area contributed by atoms with Gasteiger partial charge in [0.15, 0.2) is 5.96 Å². The number of rotatable bonds is 20. The van der Waals surface area contributed by atoms with Gasteiger partial charge in [-0.3, -0.25) is 19.4 Å². The lowest BCUT2D eigenvalue weighted by molar-refractivity contribution is -0.132. The summed E-state index contributed by atoms with van der Waals surface area (Å²) < 4.78 is 5.31. The summed E-state index contributed by atoms with van der Waals surface area (Å²) in [5.74, 6) is -1.78. The number of aliphatic imine (C=N–C) groups is 1. The molecule has 0 spiro atoms. The number of carbonyl (C=O) groups excluding carboxylic acids is 4. The van der Waals surface area contributed by atoms with Gasteiger partial charge < -0.3 is 42.6 Å². The Morgan fingerprint density at radius 3 is 2.06 bits per heavy atom. The number of guanidine groups is 1. The molecule has 9 N–H and O–H groups in total. The van der Waals surface area contributed by atoms with Crippen molar-refractivity contribution in [2.75, 3.05) is 13.1 Å². The third-order valence-corrected chi connectivity index (χ3v) is 7.50. The molecule has 0 aliphatic heterocycles. The van der Waals surface area contributed by atoms with Gasteiger partial charge in [-0.25, -0.2) is 4.79 Å². The highest BCUT2D eigenvalue weighted by Crippen LogP contribution is 2.14. The van der Waals surface area contributed by atoms with Crippen LogP contribution in [0.15, 0.2) is 65.7 Å². The third kappa shape index (κ3) is 15.8. The number of ether oxygens (including phenoxy) is 1. The number of benzene rings is 2. The lowest BCUT2D eigenvalue weighted by Crippen LogP contribution is -2.58. The van der Waals surface area contributed by atoms with Gasteiger partial charge in [0.2, 0.25) is 17.7 Å². The Bertz CT molecular complexity index is 1300. The van der Waals surface area contributed by atoms with Gasteiger partial charge in [0.05, 0.1) is 18.6 Å². The van der Waals surface area contributed by atoms with E-state index < -0.39 is 42.1 Å². The van der Waals surface area contributed by atoms with Crippen LogP contribution >= 0.6 is 0 Å². The van der Waals surface area contributed by atoms with Crippen LogP contribution in [0.2, 0.25) is 0 Å². The third-order valence-electron chi connectivity index (χ3n) is 7.50. The number of amides is 4. The zero-order valence-electron chi connectivity index (χ0n) is 28.5. The van der Waals surface area contributed by atoms with Gasteiger partial charge in [-0.05, 0) is 48.6 Å². The summed E-state index contributed by atoms with van der Waals surface area (Å²) in [5, 5.41) is 22.1. The van der Waals surface area contributed by atoms with Crippen LogP contribution in [0.5, 0.6) is 0 Å². The molecule has 13 heteroatoms. The molecule has 0 unspecified atom stereocenters. The van der Waals surface area contributed by atoms with Crippen LogP contribution in [0, 0.1) is 11.8 Å². The van der Waals surface area contributed by atoms with Gasteiger partial charge in [-0.2, -0.15) is 0 Å². The van der Waals surface area contributed by atoms with Gasteiger partial charge in [-0.1, -0.05) is 88.4 Å². The number of hydrogen-bond donors (Lipinski definition) is 7. The normalized spacial score (nSPS) is 13.5. The number of hydrogen-bond acceptors (Lipinski definition) is 7. The first kappa shape index (κ1) is 39.5. The predicted molar refractivity (Wildman–Crippen MR) is 185 cm³/mol. The molecule has 48 heavy (non-hydrogen) atoms. The molecule has 2 aromatic carbocycles. The zero-order chi connectivity index (χ0) is 35.5. The van der Waals surface area contributed by atoms with Gasteiger partial charge in [0.25, 0.3) is 0 Å². The smallest absolute Gasteiger partial charge is 0.408 e. The van der Waals surface area contributed by atoms with E-state index in [4.69, 9.17) is 16.2 Å². The molecule has 0 heterocycles. The van der Waals surface area contributed by atoms with Crippen LogP contribution in [-0.2, 0) is 32.1 Å². The highest BCUT2D eigenvalue weighted by Gasteiger charge is 2.32. The number of nitrogens with one attached hydrogen (secondary N) is 4. The lowest BCUT2D eigenvalue weighted by atomic mass is 9.95. The van der Waals surface area contributed by atoms with Gasteiger partial charge >= 0.3 is 6.09 Å². The fourth-order valence-electron chi connectivity index (χ4n) is 4.96. The molecule has 2 rings (SSSR count). The summed E-state index contributed by atoms with van der Waals surface area (Å²) in [7, 11) is 0. The second-order valence-electron chi connectivity index (χ2n) is 12.5. The summed E-state index contributed by atoms with van der Waals surface area (Å²) in [5.41, 5.74) is 12.7. The maximum Gasteiger partial charge on any atom is 0.408 e. The fraction of sp³-hybridized carbons (Fsp3) is 0.514. The van der Waals surface area contributed by atoms with Crippen molar-refractivity contribution in [3.8, 4) is 0 Å². The molecule has 0 fully saturated rings. The highest BCUT2D eigenvalue weighted by atomic mass is 16.5. The molecule has 0 radical (unpaired) electrons. The lowest BCUT2D eigenvalue weighted by Gasteiger charge is -2.30. The van der Waals surface area contributed by atoms with E-state index in [1.165, 1.54) is 0 Å². The molecule has 0 aromatic heterocycles. The van der Waals surface area contributed by atoms with E-state index in [0.717, 1.165) is 11.1 Å². The zero-order valence-corrected chi connectivity index (χ0v) is 28.5. The van der Waals surface area contributed by atoms with Crippen LogP contribution in [-0.4, -0.2) is 72.2 Å². The van der Waals surface area contributed by atoms with E-state index in [1.54, 1.807) is 26.0 Å². The minimum atomic E-state index is -1.15. The van der Waals surface area contributed by atoms with Crippen LogP contribution in [0.1, 0.15) is 64.5 Å². The molecule has 4 atom stereocenters. The SMILES string of the molecule is CC(C)C[C@@H](NC(=O)[C@@H](NC(=O)[C@H](CCCN=C(N)N)NC(=O)OCc1ccccc1)C(C)C)[C@H](O)CC(=O)NCCc1ccccc1. The minimum Gasteiger partial charge on any atom is -0.445 e. The van der Waals surface area contributed by atoms with E-state index in [-0.39, 0.29) is 49.7 Å². The number of aliphatic hydroxyl groups is 1. The van der Waals surface area contributed by atoms with Crippen molar-refractivity contribution in [3.63, 3.8) is 0 Å². The van der Waals surface area contributed by atoms with E-state index in [2.05, 4.69) is 26.3 Å². The molecule has 0 bridgehead atoms. The molecule has 2 aromatic rings. The Hall–Kier alpha value is -4.65. The van der Waals surface area contributed by atoms with Crippen molar-refractivity contribution in [1.29, 1.82) is 0 Å². The Labute approximate surface area is 283 Å². The average molecular weight is 668 g/mol. The van der Waals surface area contributed by atoms with E-state index in [1.807, 2.05) is 62.4 Å². The minimum absolute atomic E-state index is 0.0106. The average Bonchev–Trinajstić information content (AvgIpc) is 3.04. The number of carbonyl (C=O) groups is 4. The quantitative estimate of drug-likeness (QED) is 0.0630. The predicted octanol–water partition coefficient (Wildman–Crippen LogP) is 2.12. The monoisotopic (exact) mass is 667 g/mol. The molecule has 0 aliphatic carbocycles. The Morgan fingerprint density at radius 2 is 1.48 bits per heavy atom. The molecular weight excluding hydrogens is 614 g/mol. The summed E-state index contributed by atoms with van der Waals surface area (Å²) in [6, 6.07) is 16.0. The first-order chi connectivity index (χ1) is 22.8. The van der Waals surface area contributed by atoms with Crippen molar-refractivity contribution in [1.82, 2.24) is 21.3 Å². The molecular formula is C35H53N7O6. The Kier molecular flexibility index (Phi) is 17.5. The second kappa shape index (κ2) is 21.3. The van der Waals surface area contributed by atoms with Crippen molar-refractivity contribution >= 4 is 29.8 Å². The summed E-state index contributed by atoms with van der Waals surface area (Å²) in [4.78, 5) is 56.3. The Morgan fingerprint density at radius 1 is 0.854 bits per heavy atom. The molecule has 0 aliphatic rings. The van der Waals surface area contributed by atoms with Crippen LogP contribution in [0.4, 0.5) is 4.79 Å². The van der Waals surface area contributed by atoms with E-state index >= 15 is 0 Å². The summed E-state index contributed by atoms with van der Waals surface area (Å²) in [6.07, 6.45) is -0.551. The van der Waals surface area contributed by atoms with Crippen LogP contribution < -0.4 is 32.7 Å². The van der Waals surface area contributed by atoms with E-state index in [0.29, 0.717) is 25.8 Å². The standard InChI is InChI=1S/C35H53N7O6/c1-23(2)20-28(29(43)21-30(44)38-19-17-25-12-7-5-8-13-25)40-33(46)31(24(3)4)42-32(45)27(16-11-18-39-34(36)37)41-35(47)48-22-26-14-9-6-10-15-26/h5-10,12-15,23-24,27-29,31,43H,11,16-22H2,1-4H3,(H,38,44)(H,40,46)(H,41,47)(H,42,45)(H4,36,37,39)/t27-,28+,29+,31-/m0/s1. The molecule has 264 valence electrons. The van der Waals surface area contributed by atoms with E-state index in [9.17, 15) is 24.3 Å². The van der Waals surface area contributed by atoms with Gasteiger partial charge in [0.1, 0.15) is 18.7 Å². The van der Waals surface area contributed by atoms with Gasteiger partial charge in [-0.15, -0.1) is 0 Å². The second-order valence-corrected chi connectivity index (χ2v) is 12.5. The molecule has 0 saturated carbocycles. The van der Waals surface area contributed by atoms with Crippen molar-refractivity contribution in [3.05, 3.63) is 71.8 Å². The van der Waals surface area contributed by atoms with Crippen molar-refractivity contribution < 1.29 is 29.0 Å². The van der Waals surface area contributed by atoms with Crippen LogP contribution in [0.25, 0.3) is 0 Å². The maximum atomic E-state index is 13.6. The first-order valence-electron chi connectivity index (χ1n) is 16.5. The largest absolute Gasteiger partial charge is 0.445 e.